The fourth-order valence-corrected chi connectivity index (χ4v) is 2.89. The number of rotatable bonds is 3. The lowest BCUT2D eigenvalue weighted by molar-refractivity contribution is 0.0789. The van der Waals surface area contributed by atoms with Crippen molar-refractivity contribution in [1.29, 1.82) is 0 Å². The highest BCUT2D eigenvalue weighted by Crippen LogP contribution is 2.19. The van der Waals surface area contributed by atoms with Gasteiger partial charge in [-0.2, -0.15) is 0 Å². The summed E-state index contributed by atoms with van der Waals surface area (Å²) in [5.41, 5.74) is 8.45. The van der Waals surface area contributed by atoms with Gasteiger partial charge < -0.3 is 10.6 Å². The minimum Gasteiger partial charge on any atom is -0.337 e. The highest BCUT2D eigenvalue weighted by atomic mass is 32.1. The molecule has 1 aromatic heterocycles. The molecule has 0 aliphatic heterocycles. The molecule has 1 amide bonds. The number of benzene rings is 1. The van der Waals surface area contributed by atoms with Gasteiger partial charge in [-0.25, -0.2) is 0 Å². The predicted octanol–water partition coefficient (Wildman–Crippen LogP) is 2.64. The van der Waals surface area contributed by atoms with E-state index in [2.05, 4.69) is 17.9 Å². The largest absolute Gasteiger partial charge is 0.337 e. The van der Waals surface area contributed by atoms with Gasteiger partial charge in [-0.05, 0) is 23.9 Å². The highest BCUT2D eigenvalue weighted by Gasteiger charge is 2.16. The zero-order chi connectivity index (χ0) is 15.2. The van der Waals surface area contributed by atoms with E-state index in [1.807, 2.05) is 43.6 Å². The van der Waals surface area contributed by atoms with E-state index in [0.717, 1.165) is 11.1 Å². The number of carbonyl (C=O) groups excluding carboxylic acids is 1. The molecule has 0 radical (unpaired) electrons. The average Bonchev–Trinajstić information content (AvgIpc) is 2.92. The molecule has 2 aromatic rings. The summed E-state index contributed by atoms with van der Waals surface area (Å²) in [7, 11) is 1.81. The Morgan fingerprint density at radius 2 is 2.19 bits per heavy atom. The van der Waals surface area contributed by atoms with Crippen molar-refractivity contribution in [2.45, 2.75) is 13.5 Å². The minimum absolute atomic E-state index is 0.00664. The van der Waals surface area contributed by atoms with Crippen molar-refractivity contribution >= 4 is 17.2 Å². The van der Waals surface area contributed by atoms with E-state index in [1.54, 1.807) is 4.90 Å². The molecule has 0 fully saturated rings. The van der Waals surface area contributed by atoms with Gasteiger partial charge in [0.05, 0.1) is 6.54 Å². The summed E-state index contributed by atoms with van der Waals surface area (Å²) >= 11 is 1.42. The van der Waals surface area contributed by atoms with Gasteiger partial charge in [0, 0.05) is 19.2 Å². The first kappa shape index (κ1) is 15.3. The van der Waals surface area contributed by atoms with E-state index in [-0.39, 0.29) is 5.91 Å². The molecule has 0 saturated carbocycles. The first-order valence-electron chi connectivity index (χ1n) is 6.69. The summed E-state index contributed by atoms with van der Waals surface area (Å²) in [5.74, 6) is 5.74. The lowest BCUT2D eigenvalue weighted by atomic mass is 10.1. The quantitative estimate of drug-likeness (QED) is 0.886. The first-order valence-corrected chi connectivity index (χ1v) is 7.57. The van der Waals surface area contributed by atoms with E-state index in [0.29, 0.717) is 18.0 Å². The molecule has 0 spiro atoms. The second-order valence-corrected chi connectivity index (χ2v) is 5.74. The van der Waals surface area contributed by atoms with Gasteiger partial charge in [0.15, 0.2) is 0 Å². The molecule has 0 atom stereocenters. The number of amides is 1. The van der Waals surface area contributed by atoms with Gasteiger partial charge in [0.1, 0.15) is 4.88 Å². The molecule has 0 aliphatic rings. The van der Waals surface area contributed by atoms with E-state index >= 15 is 0 Å². The molecule has 0 saturated heterocycles. The maximum Gasteiger partial charge on any atom is 0.265 e. The summed E-state index contributed by atoms with van der Waals surface area (Å²) < 4.78 is 0. The number of nitrogens with zero attached hydrogens (tertiary/aromatic N) is 1. The zero-order valence-corrected chi connectivity index (χ0v) is 13.0. The maximum absolute atomic E-state index is 12.5. The molecule has 2 rings (SSSR count). The summed E-state index contributed by atoms with van der Waals surface area (Å²) in [4.78, 5) is 14.9. The second-order valence-electron chi connectivity index (χ2n) is 4.82. The molecule has 1 aromatic carbocycles. The Labute approximate surface area is 129 Å². The van der Waals surface area contributed by atoms with Crippen molar-refractivity contribution in [2.75, 3.05) is 13.6 Å². The molecule has 3 nitrogen and oxygen atoms in total. The molecule has 0 unspecified atom stereocenters. The summed E-state index contributed by atoms with van der Waals surface area (Å²) in [5, 5.41) is 1.88. The van der Waals surface area contributed by atoms with Gasteiger partial charge >= 0.3 is 0 Å². The standard InChI is InChI=1S/C17H18N2OS/c1-13-5-3-6-14(11-13)12-19(2)17(20)16-15(7-4-9-18)8-10-21-16/h3,5-6,8,10-11H,9,12,18H2,1-2H3. The number of carbonyl (C=O) groups is 1. The maximum atomic E-state index is 12.5. The van der Waals surface area contributed by atoms with Crippen LogP contribution in [0.4, 0.5) is 0 Å². The Morgan fingerprint density at radius 1 is 1.38 bits per heavy atom. The van der Waals surface area contributed by atoms with Crippen molar-refractivity contribution in [3.63, 3.8) is 0 Å². The van der Waals surface area contributed by atoms with Crippen molar-refractivity contribution in [3.05, 3.63) is 57.3 Å². The zero-order valence-electron chi connectivity index (χ0n) is 12.2. The van der Waals surface area contributed by atoms with E-state index in [1.165, 1.54) is 16.9 Å². The van der Waals surface area contributed by atoms with Gasteiger partial charge in [0.2, 0.25) is 0 Å². The predicted molar refractivity (Wildman–Crippen MR) is 87.2 cm³/mol. The number of hydrogen-bond acceptors (Lipinski definition) is 3. The molecule has 21 heavy (non-hydrogen) atoms. The van der Waals surface area contributed by atoms with Crippen LogP contribution in [-0.4, -0.2) is 24.4 Å². The van der Waals surface area contributed by atoms with Gasteiger partial charge in [-0.3, -0.25) is 4.79 Å². The van der Waals surface area contributed by atoms with Crippen LogP contribution in [0.3, 0.4) is 0 Å². The van der Waals surface area contributed by atoms with Crippen molar-refractivity contribution in [1.82, 2.24) is 4.90 Å². The van der Waals surface area contributed by atoms with Gasteiger partial charge in [0.25, 0.3) is 5.91 Å². The second kappa shape index (κ2) is 7.07. The van der Waals surface area contributed by atoms with Crippen LogP contribution in [0.25, 0.3) is 0 Å². The summed E-state index contributed by atoms with van der Waals surface area (Å²) in [6.07, 6.45) is 0. The topological polar surface area (TPSA) is 46.3 Å². The molecule has 108 valence electrons. The molecule has 2 N–H and O–H groups in total. The van der Waals surface area contributed by atoms with Crippen LogP contribution in [0.1, 0.15) is 26.4 Å². The van der Waals surface area contributed by atoms with Crippen LogP contribution in [0.2, 0.25) is 0 Å². The van der Waals surface area contributed by atoms with Crippen LogP contribution >= 0.6 is 11.3 Å². The van der Waals surface area contributed by atoms with E-state index in [4.69, 9.17) is 5.73 Å². The normalized spacial score (nSPS) is 9.86. The number of aryl methyl sites for hydroxylation is 1. The third-order valence-electron chi connectivity index (χ3n) is 3.03. The third kappa shape index (κ3) is 3.94. The fourth-order valence-electron chi connectivity index (χ4n) is 2.05. The number of nitrogens with two attached hydrogens (primary N) is 1. The van der Waals surface area contributed by atoms with E-state index in [9.17, 15) is 4.79 Å². The molecular formula is C17H18N2OS. The Kier molecular flexibility index (Phi) is 5.15. The highest BCUT2D eigenvalue weighted by molar-refractivity contribution is 7.12. The number of thiophene rings is 1. The SMILES string of the molecule is Cc1cccc(CN(C)C(=O)c2sccc2C#CCN)c1. The van der Waals surface area contributed by atoms with Gasteiger partial charge in [-0.15, -0.1) is 11.3 Å². The molecular weight excluding hydrogens is 280 g/mol. The Bertz CT molecular complexity index is 694. The van der Waals surface area contributed by atoms with Crippen molar-refractivity contribution < 1.29 is 4.79 Å². The molecule has 4 heteroatoms. The van der Waals surface area contributed by atoms with Crippen LogP contribution < -0.4 is 5.73 Å². The third-order valence-corrected chi connectivity index (χ3v) is 3.94. The lowest BCUT2D eigenvalue weighted by Gasteiger charge is -2.17. The van der Waals surface area contributed by atoms with Crippen LogP contribution in [0.15, 0.2) is 35.7 Å². The lowest BCUT2D eigenvalue weighted by Crippen LogP contribution is -2.26. The van der Waals surface area contributed by atoms with Crippen LogP contribution in [0.5, 0.6) is 0 Å². The Balaban J connectivity index is 2.14. The fraction of sp³-hybridized carbons (Fsp3) is 0.235. The molecule has 0 bridgehead atoms. The van der Waals surface area contributed by atoms with Gasteiger partial charge in [-0.1, -0.05) is 41.7 Å². The average molecular weight is 298 g/mol. The number of hydrogen-bond donors (Lipinski definition) is 1. The summed E-state index contributed by atoms with van der Waals surface area (Å²) in [6.45, 7) is 2.93. The summed E-state index contributed by atoms with van der Waals surface area (Å²) in [6, 6.07) is 10.0. The smallest absolute Gasteiger partial charge is 0.265 e. The molecule has 0 aliphatic carbocycles. The Morgan fingerprint density at radius 3 is 2.90 bits per heavy atom. The van der Waals surface area contributed by atoms with E-state index < -0.39 is 0 Å². The van der Waals surface area contributed by atoms with Crippen molar-refractivity contribution in [2.24, 2.45) is 5.73 Å². The Hall–Kier alpha value is -2.09. The minimum atomic E-state index is -0.00664. The van der Waals surface area contributed by atoms with Crippen molar-refractivity contribution in [3.8, 4) is 11.8 Å². The van der Waals surface area contributed by atoms with Crippen LogP contribution in [-0.2, 0) is 6.54 Å². The van der Waals surface area contributed by atoms with Crippen LogP contribution in [0, 0.1) is 18.8 Å². The monoisotopic (exact) mass is 298 g/mol. The molecule has 1 heterocycles. The first-order chi connectivity index (χ1) is 10.1.